The SMILES string of the molecule is CCOC(=O)C(C)(CCCN1CCC(C)C1)NC(C)C. The zero-order chi connectivity index (χ0) is 15.2. The molecule has 0 radical (unpaired) electrons. The largest absolute Gasteiger partial charge is 0.465 e. The summed E-state index contributed by atoms with van der Waals surface area (Å²) in [6.07, 6.45) is 3.16. The lowest BCUT2D eigenvalue weighted by Gasteiger charge is -2.31. The van der Waals surface area contributed by atoms with Gasteiger partial charge in [0.2, 0.25) is 0 Å². The lowest BCUT2D eigenvalue weighted by Crippen LogP contribution is -2.53. The first-order valence-electron chi connectivity index (χ1n) is 8.04. The Labute approximate surface area is 124 Å². The van der Waals surface area contributed by atoms with E-state index < -0.39 is 5.54 Å². The van der Waals surface area contributed by atoms with Gasteiger partial charge in [0, 0.05) is 12.6 Å². The Hall–Kier alpha value is -0.610. The van der Waals surface area contributed by atoms with E-state index in [1.165, 1.54) is 19.5 Å². The van der Waals surface area contributed by atoms with E-state index in [9.17, 15) is 4.79 Å². The second kappa shape index (κ2) is 7.99. The Kier molecular flexibility index (Phi) is 6.96. The summed E-state index contributed by atoms with van der Waals surface area (Å²) >= 11 is 0. The Bertz CT molecular complexity index is 307. The number of rotatable bonds is 8. The van der Waals surface area contributed by atoms with Crippen molar-refractivity contribution in [3.63, 3.8) is 0 Å². The second-order valence-corrected chi connectivity index (χ2v) is 6.65. The third kappa shape index (κ3) is 5.41. The molecule has 0 saturated carbocycles. The highest BCUT2D eigenvalue weighted by Crippen LogP contribution is 2.19. The van der Waals surface area contributed by atoms with Gasteiger partial charge in [0.1, 0.15) is 5.54 Å². The van der Waals surface area contributed by atoms with Crippen LogP contribution in [0.5, 0.6) is 0 Å². The Balaban J connectivity index is 2.45. The molecule has 0 spiro atoms. The Morgan fingerprint density at radius 2 is 2.20 bits per heavy atom. The minimum Gasteiger partial charge on any atom is -0.465 e. The summed E-state index contributed by atoms with van der Waals surface area (Å²) in [5.41, 5.74) is -0.560. The molecule has 0 aromatic carbocycles. The number of ether oxygens (including phenoxy) is 1. The molecule has 1 fully saturated rings. The molecule has 0 bridgehead atoms. The maximum atomic E-state index is 12.2. The molecule has 0 amide bonds. The molecule has 1 N–H and O–H groups in total. The van der Waals surface area contributed by atoms with Gasteiger partial charge in [-0.15, -0.1) is 0 Å². The number of nitrogens with one attached hydrogen (secondary N) is 1. The van der Waals surface area contributed by atoms with Gasteiger partial charge in [-0.3, -0.25) is 10.1 Å². The van der Waals surface area contributed by atoms with E-state index in [0.29, 0.717) is 6.61 Å². The van der Waals surface area contributed by atoms with Gasteiger partial charge in [-0.05, 0) is 66.0 Å². The van der Waals surface area contributed by atoms with Gasteiger partial charge < -0.3 is 9.64 Å². The first kappa shape index (κ1) is 17.4. The average Bonchev–Trinajstić information content (AvgIpc) is 2.74. The van der Waals surface area contributed by atoms with Crippen LogP contribution < -0.4 is 5.32 Å². The van der Waals surface area contributed by atoms with Gasteiger partial charge in [-0.25, -0.2) is 0 Å². The summed E-state index contributed by atoms with van der Waals surface area (Å²) in [4.78, 5) is 14.7. The molecule has 1 saturated heterocycles. The standard InChI is InChI=1S/C16H32N2O2/c1-6-20-15(19)16(5,17-13(2)3)9-7-10-18-11-8-14(4)12-18/h13-14,17H,6-12H2,1-5H3. The van der Waals surface area contributed by atoms with E-state index in [0.717, 1.165) is 25.3 Å². The van der Waals surface area contributed by atoms with E-state index >= 15 is 0 Å². The Morgan fingerprint density at radius 3 is 2.70 bits per heavy atom. The molecule has 0 aromatic rings. The third-order valence-electron chi connectivity index (χ3n) is 3.99. The summed E-state index contributed by atoms with van der Waals surface area (Å²) in [5, 5.41) is 3.38. The molecule has 0 aromatic heterocycles. The number of hydrogen-bond acceptors (Lipinski definition) is 4. The maximum absolute atomic E-state index is 12.2. The molecule has 0 aliphatic carbocycles. The Morgan fingerprint density at radius 1 is 1.50 bits per heavy atom. The fraction of sp³-hybridized carbons (Fsp3) is 0.938. The molecule has 4 nitrogen and oxygen atoms in total. The van der Waals surface area contributed by atoms with Crippen molar-refractivity contribution in [3.8, 4) is 0 Å². The van der Waals surface area contributed by atoms with Gasteiger partial charge in [0.15, 0.2) is 0 Å². The fourth-order valence-electron chi connectivity index (χ4n) is 3.05. The van der Waals surface area contributed by atoms with Crippen LogP contribution in [0.1, 0.15) is 53.9 Å². The minimum atomic E-state index is -0.560. The minimum absolute atomic E-state index is 0.122. The van der Waals surface area contributed by atoms with Gasteiger partial charge >= 0.3 is 5.97 Å². The summed E-state index contributed by atoms with van der Waals surface area (Å²) in [6.45, 7) is 14.2. The number of nitrogens with zero attached hydrogens (tertiary/aromatic N) is 1. The predicted octanol–water partition coefficient (Wildman–Crippen LogP) is 2.43. The van der Waals surface area contributed by atoms with Gasteiger partial charge in [-0.1, -0.05) is 6.92 Å². The molecular weight excluding hydrogens is 252 g/mol. The van der Waals surface area contributed by atoms with Gasteiger partial charge in [-0.2, -0.15) is 0 Å². The van der Waals surface area contributed by atoms with Gasteiger partial charge in [0.05, 0.1) is 6.61 Å². The van der Waals surface area contributed by atoms with Gasteiger partial charge in [0.25, 0.3) is 0 Å². The van der Waals surface area contributed by atoms with E-state index in [2.05, 4.69) is 31.0 Å². The van der Waals surface area contributed by atoms with Crippen LogP contribution in [0.4, 0.5) is 0 Å². The monoisotopic (exact) mass is 284 g/mol. The average molecular weight is 284 g/mol. The molecule has 2 unspecified atom stereocenters. The van der Waals surface area contributed by atoms with E-state index in [-0.39, 0.29) is 12.0 Å². The van der Waals surface area contributed by atoms with Crippen LogP contribution in [0.15, 0.2) is 0 Å². The first-order chi connectivity index (χ1) is 9.37. The summed E-state index contributed by atoms with van der Waals surface area (Å²) in [7, 11) is 0. The molecule has 1 aliphatic heterocycles. The molecule has 1 heterocycles. The zero-order valence-electron chi connectivity index (χ0n) is 13.9. The number of carbonyl (C=O) groups excluding carboxylic acids is 1. The van der Waals surface area contributed by atoms with E-state index in [4.69, 9.17) is 4.74 Å². The van der Waals surface area contributed by atoms with Crippen LogP contribution in [-0.2, 0) is 9.53 Å². The van der Waals surface area contributed by atoms with Crippen LogP contribution >= 0.6 is 0 Å². The summed E-state index contributed by atoms with van der Waals surface area (Å²) in [5.74, 6) is 0.698. The smallest absolute Gasteiger partial charge is 0.326 e. The third-order valence-corrected chi connectivity index (χ3v) is 3.99. The molecule has 118 valence electrons. The van der Waals surface area contributed by atoms with E-state index in [1.807, 2.05) is 13.8 Å². The number of likely N-dealkylation sites (tertiary alicyclic amines) is 1. The van der Waals surface area contributed by atoms with Crippen LogP contribution in [0, 0.1) is 5.92 Å². The molecule has 2 atom stereocenters. The molecular formula is C16H32N2O2. The highest BCUT2D eigenvalue weighted by Gasteiger charge is 2.34. The van der Waals surface area contributed by atoms with Crippen molar-refractivity contribution in [2.24, 2.45) is 5.92 Å². The number of carbonyl (C=O) groups is 1. The molecule has 1 rings (SSSR count). The summed E-state index contributed by atoms with van der Waals surface area (Å²) < 4.78 is 5.23. The quantitative estimate of drug-likeness (QED) is 0.695. The van der Waals surface area contributed by atoms with Crippen molar-refractivity contribution < 1.29 is 9.53 Å². The van der Waals surface area contributed by atoms with Crippen LogP contribution in [0.3, 0.4) is 0 Å². The fourth-order valence-corrected chi connectivity index (χ4v) is 3.05. The highest BCUT2D eigenvalue weighted by atomic mass is 16.5. The second-order valence-electron chi connectivity index (χ2n) is 6.65. The lowest BCUT2D eigenvalue weighted by atomic mass is 9.94. The van der Waals surface area contributed by atoms with Crippen molar-refractivity contribution in [1.29, 1.82) is 0 Å². The summed E-state index contributed by atoms with van der Waals surface area (Å²) in [6, 6.07) is 0.274. The highest BCUT2D eigenvalue weighted by molar-refractivity contribution is 5.80. The normalized spacial score (nSPS) is 23.0. The van der Waals surface area contributed by atoms with Crippen molar-refractivity contribution >= 4 is 5.97 Å². The molecule has 1 aliphatic rings. The lowest BCUT2D eigenvalue weighted by molar-refractivity contribution is -0.151. The van der Waals surface area contributed by atoms with E-state index in [1.54, 1.807) is 0 Å². The molecule has 4 heteroatoms. The van der Waals surface area contributed by atoms with Crippen molar-refractivity contribution in [2.45, 2.75) is 65.5 Å². The topological polar surface area (TPSA) is 41.6 Å². The van der Waals surface area contributed by atoms with Crippen LogP contribution in [-0.4, -0.2) is 48.7 Å². The number of hydrogen-bond donors (Lipinski definition) is 1. The van der Waals surface area contributed by atoms with Crippen molar-refractivity contribution in [2.75, 3.05) is 26.2 Å². The zero-order valence-corrected chi connectivity index (χ0v) is 13.9. The van der Waals surface area contributed by atoms with Crippen molar-refractivity contribution in [1.82, 2.24) is 10.2 Å². The van der Waals surface area contributed by atoms with Crippen molar-refractivity contribution in [3.05, 3.63) is 0 Å². The number of esters is 1. The van der Waals surface area contributed by atoms with Crippen LogP contribution in [0.2, 0.25) is 0 Å². The molecule has 20 heavy (non-hydrogen) atoms. The maximum Gasteiger partial charge on any atom is 0.326 e. The first-order valence-corrected chi connectivity index (χ1v) is 8.04. The predicted molar refractivity (Wildman–Crippen MR) is 82.8 cm³/mol. The van der Waals surface area contributed by atoms with Crippen LogP contribution in [0.25, 0.3) is 0 Å².